The van der Waals surface area contributed by atoms with Crippen LogP contribution in [0.2, 0.25) is 0 Å². The smallest absolute Gasteiger partial charge is 0.409 e. The zero-order valence-corrected chi connectivity index (χ0v) is 13.4. The predicted octanol–water partition coefficient (Wildman–Crippen LogP) is 2.23. The first kappa shape index (κ1) is 16.3. The van der Waals surface area contributed by atoms with Gasteiger partial charge in [-0.25, -0.2) is 4.79 Å². The zero-order chi connectivity index (χ0) is 15.9. The number of ether oxygens (including phenoxy) is 1. The second-order valence-electron chi connectivity index (χ2n) is 5.59. The van der Waals surface area contributed by atoms with Crippen molar-refractivity contribution in [3.63, 3.8) is 0 Å². The number of rotatable bonds is 3. The van der Waals surface area contributed by atoms with E-state index in [0.29, 0.717) is 39.2 Å². The van der Waals surface area contributed by atoms with Crippen LogP contribution in [0.1, 0.15) is 24.5 Å². The van der Waals surface area contributed by atoms with Gasteiger partial charge in [0.05, 0.1) is 13.0 Å². The highest BCUT2D eigenvalue weighted by Gasteiger charge is 2.22. The Labute approximate surface area is 131 Å². The maximum Gasteiger partial charge on any atom is 0.409 e. The van der Waals surface area contributed by atoms with E-state index in [1.165, 1.54) is 0 Å². The molecule has 0 bridgehead atoms. The summed E-state index contributed by atoms with van der Waals surface area (Å²) >= 11 is 0. The molecular weight excluding hydrogens is 280 g/mol. The molecule has 0 atom stereocenters. The van der Waals surface area contributed by atoms with Crippen molar-refractivity contribution in [2.45, 2.75) is 26.7 Å². The van der Waals surface area contributed by atoms with Crippen LogP contribution >= 0.6 is 0 Å². The van der Waals surface area contributed by atoms with Crippen molar-refractivity contribution in [3.8, 4) is 0 Å². The Morgan fingerprint density at radius 2 is 1.86 bits per heavy atom. The Kier molecular flexibility index (Phi) is 5.81. The van der Waals surface area contributed by atoms with Gasteiger partial charge in [0.15, 0.2) is 0 Å². The lowest BCUT2D eigenvalue weighted by Crippen LogP contribution is -2.38. The van der Waals surface area contributed by atoms with Gasteiger partial charge in [-0.1, -0.05) is 29.8 Å². The van der Waals surface area contributed by atoms with E-state index in [0.717, 1.165) is 17.5 Å². The summed E-state index contributed by atoms with van der Waals surface area (Å²) < 4.78 is 5.02. The SMILES string of the molecule is CCOC(=O)N1CCCN(C(=O)Cc2cccc(C)c2)CC1. The fourth-order valence-corrected chi connectivity index (χ4v) is 2.67. The topological polar surface area (TPSA) is 49.9 Å². The van der Waals surface area contributed by atoms with Crippen LogP contribution in [0.4, 0.5) is 4.79 Å². The average molecular weight is 304 g/mol. The minimum absolute atomic E-state index is 0.122. The minimum atomic E-state index is -0.282. The first-order valence-corrected chi connectivity index (χ1v) is 7.85. The molecule has 0 unspecified atom stereocenters. The molecule has 0 radical (unpaired) electrons. The number of amides is 2. The molecule has 22 heavy (non-hydrogen) atoms. The van der Waals surface area contributed by atoms with Crippen molar-refractivity contribution in [1.29, 1.82) is 0 Å². The fourth-order valence-electron chi connectivity index (χ4n) is 2.67. The van der Waals surface area contributed by atoms with Gasteiger partial charge < -0.3 is 14.5 Å². The number of hydrogen-bond acceptors (Lipinski definition) is 3. The molecule has 0 aromatic heterocycles. The van der Waals surface area contributed by atoms with E-state index < -0.39 is 0 Å². The molecule has 1 aromatic carbocycles. The molecule has 2 amide bonds. The largest absolute Gasteiger partial charge is 0.450 e. The van der Waals surface area contributed by atoms with Crippen LogP contribution in [0.25, 0.3) is 0 Å². The van der Waals surface area contributed by atoms with E-state index >= 15 is 0 Å². The third-order valence-electron chi connectivity index (χ3n) is 3.81. The monoisotopic (exact) mass is 304 g/mol. The van der Waals surface area contributed by atoms with E-state index in [4.69, 9.17) is 4.74 Å². The molecule has 0 N–H and O–H groups in total. The number of benzene rings is 1. The Morgan fingerprint density at radius 1 is 1.14 bits per heavy atom. The molecule has 120 valence electrons. The van der Waals surface area contributed by atoms with Crippen LogP contribution in [0.5, 0.6) is 0 Å². The summed E-state index contributed by atoms with van der Waals surface area (Å²) in [5.74, 6) is 0.122. The molecular formula is C17H24N2O3. The Hall–Kier alpha value is -2.04. The molecule has 0 aliphatic carbocycles. The second kappa shape index (κ2) is 7.82. The molecule has 1 aliphatic heterocycles. The van der Waals surface area contributed by atoms with Gasteiger partial charge in [-0.15, -0.1) is 0 Å². The minimum Gasteiger partial charge on any atom is -0.450 e. The van der Waals surface area contributed by atoms with Crippen molar-refractivity contribution in [2.24, 2.45) is 0 Å². The molecule has 5 heteroatoms. The van der Waals surface area contributed by atoms with Gasteiger partial charge in [-0.05, 0) is 25.8 Å². The highest BCUT2D eigenvalue weighted by molar-refractivity contribution is 5.79. The Bertz CT molecular complexity index is 530. The van der Waals surface area contributed by atoms with Gasteiger partial charge in [0.1, 0.15) is 0 Å². The molecule has 5 nitrogen and oxygen atoms in total. The average Bonchev–Trinajstić information content (AvgIpc) is 2.73. The van der Waals surface area contributed by atoms with Gasteiger partial charge in [0.2, 0.25) is 5.91 Å². The lowest BCUT2D eigenvalue weighted by molar-refractivity contribution is -0.130. The lowest BCUT2D eigenvalue weighted by atomic mass is 10.1. The van der Waals surface area contributed by atoms with Gasteiger partial charge in [-0.3, -0.25) is 4.79 Å². The summed E-state index contributed by atoms with van der Waals surface area (Å²) in [5, 5.41) is 0. The van der Waals surface area contributed by atoms with Gasteiger partial charge >= 0.3 is 6.09 Å². The summed E-state index contributed by atoms with van der Waals surface area (Å²) in [5.41, 5.74) is 2.20. The second-order valence-corrected chi connectivity index (χ2v) is 5.59. The van der Waals surface area contributed by atoms with Crippen molar-refractivity contribution in [3.05, 3.63) is 35.4 Å². The summed E-state index contributed by atoms with van der Waals surface area (Å²) in [6.07, 6.45) is 0.926. The van der Waals surface area contributed by atoms with Crippen molar-refractivity contribution < 1.29 is 14.3 Å². The first-order chi connectivity index (χ1) is 10.6. The predicted molar refractivity (Wildman–Crippen MR) is 84.7 cm³/mol. The van der Waals surface area contributed by atoms with Crippen LogP contribution in [-0.2, 0) is 16.0 Å². The number of hydrogen-bond donors (Lipinski definition) is 0. The Morgan fingerprint density at radius 3 is 2.59 bits per heavy atom. The normalized spacial score (nSPS) is 15.4. The molecule has 1 saturated heterocycles. The van der Waals surface area contributed by atoms with E-state index in [1.54, 1.807) is 11.8 Å². The van der Waals surface area contributed by atoms with Crippen LogP contribution < -0.4 is 0 Å². The summed E-state index contributed by atoms with van der Waals surface area (Å²) in [7, 11) is 0. The fraction of sp³-hybridized carbons (Fsp3) is 0.529. The molecule has 1 fully saturated rings. The molecule has 0 saturated carbocycles. The van der Waals surface area contributed by atoms with E-state index in [9.17, 15) is 9.59 Å². The third-order valence-corrected chi connectivity index (χ3v) is 3.81. The van der Waals surface area contributed by atoms with Crippen molar-refractivity contribution >= 4 is 12.0 Å². The summed E-state index contributed by atoms with van der Waals surface area (Å²) in [6.45, 7) is 6.66. The van der Waals surface area contributed by atoms with Gasteiger partial charge in [0.25, 0.3) is 0 Å². The molecule has 2 rings (SSSR count). The van der Waals surface area contributed by atoms with E-state index in [2.05, 4.69) is 0 Å². The first-order valence-electron chi connectivity index (χ1n) is 7.85. The molecule has 1 aliphatic rings. The van der Waals surface area contributed by atoms with Crippen molar-refractivity contribution in [1.82, 2.24) is 9.80 Å². The lowest BCUT2D eigenvalue weighted by Gasteiger charge is -2.21. The maximum absolute atomic E-state index is 12.4. The summed E-state index contributed by atoms with van der Waals surface area (Å²) in [4.78, 5) is 27.7. The Balaban J connectivity index is 1.90. The van der Waals surface area contributed by atoms with Crippen molar-refractivity contribution in [2.75, 3.05) is 32.8 Å². The molecule has 1 aromatic rings. The number of carbonyl (C=O) groups excluding carboxylic acids is 2. The summed E-state index contributed by atoms with van der Waals surface area (Å²) in [6, 6.07) is 8.02. The molecule has 1 heterocycles. The quantitative estimate of drug-likeness (QED) is 0.860. The third kappa shape index (κ3) is 4.48. The highest BCUT2D eigenvalue weighted by atomic mass is 16.6. The van der Waals surface area contributed by atoms with Crippen LogP contribution in [0.15, 0.2) is 24.3 Å². The maximum atomic E-state index is 12.4. The van der Waals surface area contributed by atoms with Gasteiger partial charge in [0, 0.05) is 26.2 Å². The van der Waals surface area contributed by atoms with E-state index in [-0.39, 0.29) is 12.0 Å². The van der Waals surface area contributed by atoms with Crippen LogP contribution in [0.3, 0.4) is 0 Å². The van der Waals surface area contributed by atoms with Crippen LogP contribution in [-0.4, -0.2) is 54.6 Å². The highest BCUT2D eigenvalue weighted by Crippen LogP contribution is 2.10. The zero-order valence-electron chi connectivity index (χ0n) is 13.4. The standard InChI is InChI=1S/C17H24N2O3/c1-3-22-17(21)19-9-5-8-18(10-11-19)16(20)13-15-7-4-6-14(2)12-15/h4,6-7,12H,3,5,8-11,13H2,1-2H3. The molecule has 0 spiro atoms. The van der Waals surface area contributed by atoms with Crippen LogP contribution in [0, 0.1) is 6.92 Å². The van der Waals surface area contributed by atoms with E-state index in [1.807, 2.05) is 36.1 Å². The van der Waals surface area contributed by atoms with Gasteiger partial charge in [-0.2, -0.15) is 0 Å². The number of carbonyl (C=O) groups is 2. The number of aryl methyl sites for hydroxylation is 1. The number of nitrogens with zero attached hydrogens (tertiary/aromatic N) is 2.